The Hall–Kier alpha value is -4.91. The van der Waals surface area contributed by atoms with E-state index in [1.165, 1.54) is 0 Å². The third-order valence-corrected chi connectivity index (χ3v) is 8.71. The van der Waals surface area contributed by atoms with Gasteiger partial charge in [-0.1, -0.05) is 115 Å². The molecule has 1 aromatic heterocycles. The van der Waals surface area contributed by atoms with Crippen LogP contribution in [-0.2, 0) is 10.3 Å². The van der Waals surface area contributed by atoms with Gasteiger partial charge in [0.2, 0.25) is 0 Å². The predicted molar refractivity (Wildman–Crippen MR) is 178 cm³/mol. The number of halogens is 1. The summed E-state index contributed by atoms with van der Waals surface area (Å²) in [7, 11) is 0. The lowest BCUT2D eigenvalue weighted by molar-refractivity contribution is -0.136. The van der Waals surface area contributed by atoms with Gasteiger partial charge in [0.15, 0.2) is 5.75 Å². The molecule has 0 aliphatic heterocycles. The smallest absolute Gasteiger partial charge is 0.334 e. The highest BCUT2D eigenvalue weighted by Gasteiger charge is 2.39. The third-order valence-electron chi connectivity index (χ3n) is 8.47. The second-order valence-corrected chi connectivity index (χ2v) is 11.9. The van der Waals surface area contributed by atoms with E-state index >= 15 is 0 Å². The molecule has 0 amide bonds. The summed E-state index contributed by atoms with van der Waals surface area (Å²) >= 11 is 6.34. The Morgan fingerprint density at radius 3 is 1.87 bits per heavy atom. The summed E-state index contributed by atoms with van der Waals surface area (Å²) < 4.78 is 9.55. The highest BCUT2D eigenvalue weighted by molar-refractivity contribution is 6.31. The molecular formula is C38H32ClN3O3. The standard InChI is InChI=1S/C38H32ClN3O3/c1-26(40-38(27-13-5-2-6-14-27,28-15-7-3-8-16-28)29-17-9-4-10-18-29)36(43)45-35-20-12-11-19-33(35)42-32-24-21-30(39)25-34(32)41(37(42)44)31-22-23-31/h2-21,24-26,31,40H,22-23H2,1H3/t26-/m0/s1. The number of nitrogens with one attached hydrogen (secondary N) is 1. The highest BCUT2D eigenvalue weighted by atomic mass is 35.5. The summed E-state index contributed by atoms with van der Waals surface area (Å²) in [6, 6.07) is 42.3. The minimum absolute atomic E-state index is 0.140. The maximum absolute atomic E-state index is 14.0. The SMILES string of the molecule is C[C@H](NC(c1ccccc1)(c1ccccc1)c1ccccc1)C(=O)Oc1ccccc1-n1c(=O)n(C2CC2)c2cc(Cl)ccc21. The van der Waals surface area contributed by atoms with E-state index in [2.05, 4.69) is 41.7 Å². The number of aromatic nitrogens is 2. The zero-order valence-electron chi connectivity index (χ0n) is 24.8. The van der Waals surface area contributed by atoms with Gasteiger partial charge in [-0.2, -0.15) is 0 Å². The molecular weight excluding hydrogens is 582 g/mol. The van der Waals surface area contributed by atoms with Gasteiger partial charge < -0.3 is 4.74 Å². The maximum Gasteiger partial charge on any atom is 0.334 e. The molecule has 45 heavy (non-hydrogen) atoms. The number of benzene rings is 5. The van der Waals surface area contributed by atoms with Crippen molar-refractivity contribution in [2.24, 2.45) is 0 Å². The molecule has 1 saturated carbocycles. The molecule has 6 aromatic rings. The summed E-state index contributed by atoms with van der Waals surface area (Å²) in [5, 5.41) is 4.23. The van der Waals surface area contributed by atoms with E-state index in [4.69, 9.17) is 16.3 Å². The highest BCUT2D eigenvalue weighted by Crippen LogP contribution is 2.39. The first-order chi connectivity index (χ1) is 22.0. The number of carbonyl (C=O) groups is 1. The van der Waals surface area contributed by atoms with E-state index in [0.29, 0.717) is 22.0 Å². The number of hydrogen-bond donors (Lipinski definition) is 1. The van der Waals surface area contributed by atoms with Gasteiger partial charge in [0.1, 0.15) is 6.04 Å². The fourth-order valence-corrected chi connectivity index (χ4v) is 6.40. The molecule has 0 radical (unpaired) electrons. The molecule has 7 rings (SSSR count). The molecule has 1 fully saturated rings. The lowest BCUT2D eigenvalue weighted by Crippen LogP contribution is -2.52. The molecule has 1 aliphatic rings. The van der Waals surface area contributed by atoms with Gasteiger partial charge in [0.05, 0.1) is 22.3 Å². The number of para-hydroxylation sites is 2. The molecule has 0 saturated heterocycles. The van der Waals surface area contributed by atoms with Crippen LogP contribution in [0.2, 0.25) is 5.02 Å². The quantitative estimate of drug-likeness (QED) is 0.103. The van der Waals surface area contributed by atoms with Gasteiger partial charge in [-0.25, -0.2) is 9.59 Å². The Bertz CT molecular complexity index is 1940. The first-order valence-corrected chi connectivity index (χ1v) is 15.5. The molecule has 1 N–H and O–H groups in total. The number of fused-ring (bicyclic) bond motifs is 1. The second-order valence-electron chi connectivity index (χ2n) is 11.5. The topological polar surface area (TPSA) is 65.3 Å². The number of nitrogens with zero attached hydrogens (tertiary/aromatic N) is 2. The normalized spacial score (nSPS) is 13.9. The monoisotopic (exact) mass is 613 g/mol. The second kappa shape index (κ2) is 11.9. The number of carbonyl (C=O) groups excluding carboxylic acids is 1. The van der Waals surface area contributed by atoms with E-state index in [-0.39, 0.29) is 11.7 Å². The number of esters is 1. The fourth-order valence-electron chi connectivity index (χ4n) is 6.23. The van der Waals surface area contributed by atoms with Crippen molar-refractivity contribution in [1.29, 1.82) is 0 Å². The molecule has 1 atom stereocenters. The molecule has 7 heteroatoms. The number of rotatable bonds is 9. The van der Waals surface area contributed by atoms with Crippen LogP contribution in [0.1, 0.15) is 42.5 Å². The molecule has 224 valence electrons. The van der Waals surface area contributed by atoms with Gasteiger partial charge in [0, 0.05) is 11.1 Å². The lowest BCUT2D eigenvalue weighted by atomic mass is 9.76. The van der Waals surface area contributed by atoms with Crippen molar-refractivity contribution in [3.63, 3.8) is 0 Å². The first-order valence-electron chi connectivity index (χ1n) is 15.2. The van der Waals surface area contributed by atoms with Crippen molar-refractivity contribution < 1.29 is 9.53 Å². The summed E-state index contributed by atoms with van der Waals surface area (Å²) in [6.45, 7) is 1.81. The van der Waals surface area contributed by atoms with Crippen LogP contribution in [0, 0.1) is 0 Å². The van der Waals surface area contributed by atoms with Crippen molar-refractivity contribution in [2.45, 2.75) is 37.4 Å². The molecule has 0 spiro atoms. The van der Waals surface area contributed by atoms with Gasteiger partial charge >= 0.3 is 11.7 Å². The number of ether oxygens (including phenoxy) is 1. The summed E-state index contributed by atoms with van der Waals surface area (Å²) in [5.41, 5.74) is 3.90. The van der Waals surface area contributed by atoms with E-state index in [1.54, 1.807) is 33.4 Å². The van der Waals surface area contributed by atoms with Crippen molar-refractivity contribution in [3.8, 4) is 11.4 Å². The van der Waals surface area contributed by atoms with Gasteiger partial charge in [-0.3, -0.25) is 14.5 Å². The van der Waals surface area contributed by atoms with Crippen LogP contribution in [0.3, 0.4) is 0 Å². The lowest BCUT2D eigenvalue weighted by Gasteiger charge is -2.38. The van der Waals surface area contributed by atoms with Crippen LogP contribution in [0.25, 0.3) is 16.7 Å². The van der Waals surface area contributed by atoms with Gasteiger partial charge in [-0.15, -0.1) is 0 Å². The molecule has 1 heterocycles. The third kappa shape index (κ3) is 5.26. The average molecular weight is 614 g/mol. The Kier molecular flexibility index (Phi) is 7.61. The summed E-state index contributed by atoms with van der Waals surface area (Å²) in [4.78, 5) is 27.8. The Balaban J connectivity index is 1.28. The van der Waals surface area contributed by atoms with Crippen molar-refractivity contribution in [1.82, 2.24) is 14.5 Å². The maximum atomic E-state index is 14.0. The van der Waals surface area contributed by atoms with Crippen molar-refractivity contribution >= 4 is 28.6 Å². The Morgan fingerprint density at radius 1 is 0.778 bits per heavy atom. The van der Waals surface area contributed by atoms with Crippen LogP contribution in [0.5, 0.6) is 5.75 Å². The van der Waals surface area contributed by atoms with Crippen LogP contribution < -0.4 is 15.7 Å². The minimum atomic E-state index is -0.852. The fraction of sp³-hybridized carbons (Fsp3) is 0.158. The predicted octanol–water partition coefficient (Wildman–Crippen LogP) is 7.66. The van der Waals surface area contributed by atoms with E-state index in [1.807, 2.05) is 79.7 Å². The van der Waals surface area contributed by atoms with E-state index < -0.39 is 17.6 Å². The molecule has 0 bridgehead atoms. The molecule has 0 unspecified atom stereocenters. The Labute approximate surface area is 266 Å². The largest absolute Gasteiger partial charge is 0.423 e. The van der Waals surface area contributed by atoms with Gasteiger partial charge in [0.25, 0.3) is 0 Å². The molecule has 6 nitrogen and oxygen atoms in total. The summed E-state index contributed by atoms with van der Waals surface area (Å²) in [6.07, 6.45) is 1.88. The van der Waals surface area contributed by atoms with Crippen LogP contribution in [0.15, 0.2) is 138 Å². The van der Waals surface area contributed by atoms with Crippen molar-refractivity contribution in [2.75, 3.05) is 0 Å². The Morgan fingerprint density at radius 2 is 1.31 bits per heavy atom. The number of hydrogen-bond acceptors (Lipinski definition) is 4. The average Bonchev–Trinajstić information content (AvgIpc) is 3.87. The zero-order chi connectivity index (χ0) is 31.0. The molecule has 5 aromatic carbocycles. The zero-order valence-corrected chi connectivity index (χ0v) is 25.5. The molecule has 1 aliphatic carbocycles. The van der Waals surface area contributed by atoms with Crippen molar-refractivity contribution in [3.05, 3.63) is 166 Å². The summed E-state index contributed by atoms with van der Waals surface area (Å²) in [5.74, 6) is -0.176. The van der Waals surface area contributed by atoms with Crippen LogP contribution in [-0.4, -0.2) is 21.1 Å². The number of imidazole rings is 1. The van der Waals surface area contributed by atoms with E-state index in [9.17, 15) is 9.59 Å². The first kappa shape index (κ1) is 28.8. The van der Waals surface area contributed by atoms with Crippen LogP contribution in [0.4, 0.5) is 0 Å². The van der Waals surface area contributed by atoms with E-state index in [0.717, 1.165) is 35.0 Å². The van der Waals surface area contributed by atoms with Gasteiger partial charge in [-0.05, 0) is 66.8 Å². The van der Waals surface area contributed by atoms with Crippen LogP contribution >= 0.6 is 11.6 Å². The minimum Gasteiger partial charge on any atom is -0.423 e.